The number of nitrogens with zero attached hydrogens (tertiary/aromatic N) is 1. The molecule has 0 radical (unpaired) electrons. The molecule has 13 nitrogen and oxygen atoms in total. The molecule has 0 aliphatic carbocycles. The zero-order valence-electron chi connectivity index (χ0n) is 29.5. The van der Waals surface area contributed by atoms with E-state index >= 15 is 0 Å². The monoisotopic (exact) mass is 771 g/mol. The maximum atomic E-state index is 14.2. The van der Waals surface area contributed by atoms with Crippen molar-refractivity contribution in [2.45, 2.75) is 48.4 Å². The number of para-hydroxylation sites is 1. The van der Waals surface area contributed by atoms with E-state index in [-0.39, 0.29) is 29.7 Å². The van der Waals surface area contributed by atoms with E-state index in [2.05, 4.69) is 20.3 Å². The zero-order chi connectivity index (χ0) is 38.7. The number of nitrogens with one attached hydrogen (secondary N) is 3. The Hall–Kier alpha value is -5.40. The SMILES string of the molecule is COc1cccc(C[C@H](NC(=O)CP(=O)(O)[C@@H](Cc2ccccc2)NS(=O)(=O)c2cccc3cccnc23)C(=O)NC(CCc2ccccc2)C(N)=O)c1. The quantitative estimate of drug-likeness (QED) is 0.0823. The van der Waals surface area contributed by atoms with Crippen molar-refractivity contribution in [2.24, 2.45) is 5.73 Å². The number of carbonyl (C=O) groups is 3. The van der Waals surface area contributed by atoms with Gasteiger partial charge in [-0.2, -0.15) is 4.72 Å². The van der Waals surface area contributed by atoms with Gasteiger partial charge in [-0.25, -0.2) is 8.42 Å². The molecular formula is C39H42N5O8PS. The average Bonchev–Trinajstić information content (AvgIpc) is 3.16. The predicted molar refractivity (Wildman–Crippen MR) is 205 cm³/mol. The summed E-state index contributed by atoms with van der Waals surface area (Å²) in [6.45, 7) is 0. The normalized spacial score (nSPS) is 14.3. The Morgan fingerprint density at radius 1 is 0.815 bits per heavy atom. The van der Waals surface area contributed by atoms with Crippen molar-refractivity contribution in [3.63, 3.8) is 0 Å². The van der Waals surface area contributed by atoms with Gasteiger partial charge in [-0.05, 0) is 60.2 Å². The number of hydrogen-bond acceptors (Lipinski definition) is 8. The van der Waals surface area contributed by atoms with E-state index in [1.54, 1.807) is 72.8 Å². The Bertz CT molecular complexity index is 2240. The zero-order valence-corrected chi connectivity index (χ0v) is 31.2. The molecule has 0 spiro atoms. The summed E-state index contributed by atoms with van der Waals surface area (Å²) in [5.74, 6) is -3.66. The molecule has 5 aromatic rings. The lowest BCUT2D eigenvalue weighted by Crippen LogP contribution is -2.54. The van der Waals surface area contributed by atoms with Crippen LogP contribution in [0.5, 0.6) is 5.75 Å². The molecule has 1 heterocycles. The lowest BCUT2D eigenvalue weighted by atomic mass is 10.0. The van der Waals surface area contributed by atoms with E-state index in [1.165, 1.54) is 25.4 Å². The van der Waals surface area contributed by atoms with Crippen LogP contribution in [-0.2, 0) is 48.2 Å². The van der Waals surface area contributed by atoms with E-state index in [9.17, 15) is 32.3 Å². The summed E-state index contributed by atoms with van der Waals surface area (Å²) in [6, 6.07) is 30.1. The van der Waals surface area contributed by atoms with E-state index in [1.807, 2.05) is 30.3 Å². The van der Waals surface area contributed by atoms with Gasteiger partial charge in [0.25, 0.3) is 0 Å². The number of benzene rings is 4. The van der Waals surface area contributed by atoms with Crippen LogP contribution in [0.1, 0.15) is 23.1 Å². The Balaban J connectivity index is 1.39. The van der Waals surface area contributed by atoms with Crippen molar-refractivity contribution in [1.29, 1.82) is 0 Å². The summed E-state index contributed by atoms with van der Waals surface area (Å²) in [5.41, 5.74) is 7.87. The van der Waals surface area contributed by atoms with Gasteiger partial charge in [0.05, 0.1) is 12.6 Å². The largest absolute Gasteiger partial charge is 0.497 e. The summed E-state index contributed by atoms with van der Waals surface area (Å²) < 4.78 is 49.5. The van der Waals surface area contributed by atoms with Gasteiger partial charge in [-0.15, -0.1) is 0 Å². The molecule has 0 fully saturated rings. The molecule has 4 aromatic carbocycles. The van der Waals surface area contributed by atoms with Crippen LogP contribution in [-0.4, -0.2) is 67.2 Å². The topological polar surface area (TPSA) is 207 Å². The first kappa shape index (κ1) is 39.8. The third-order valence-corrected chi connectivity index (χ3v) is 12.5. The molecule has 2 unspecified atom stereocenters. The second-order valence-electron chi connectivity index (χ2n) is 12.7. The van der Waals surface area contributed by atoms with Gasteiger partial charge in [0, 0.05) is 18.0 Å². The fraction of sp³-hybridized carbons (Fsp3) is 0.231. The first-order chi connectivity index (χ1) is 25.8. The van der Waals surface area contributed by atoms with Gasteiger partial charge in [-0.3, -0.25) is 23.9 Å². The van der Waals surface area contributed by atoms with Crippen molar-refractivity contribution >= 4 is 46.0 Å². The molecular weight excluding hydrogens is 729 g/mol. The van der Waals surface area contributed by atoms with E-state index in [0.717, 1.165) is 5.56 Å². The highest BCUT2D eigenvalue weighted by Crippen LogP contribution is 2.47. The second kappa shape index (κ2) is 18.1. The highest BCUT2D eigenvalue weighted by Gasteiger charge is 2.38. The maximum absolute atomic E-state index is 14.2. The molecule has 0 saturated heterocycles. The summed E-state index contributed by atoms with van der Waals surface area (Å²) in [7, 11) is -7.69. The molecule has 4 atom stereocenters. The standard InChI is InChI=1S/C39H42N5O8PS/c1-52-31-18-8-15-29(23-31)24-33(39(47)43-32(38(40)46)21-20-27-11-4-2-5-12-27)42-35(45)26-53(48,49)36(25-28-13-6-3-7-14-28)44-54(50,51)34-19-9-16-30-17-10-22-41-37(30)34/h2-19,22-23,32-33,36,44H,20-21,24-26H2,1H3,(H2,40,46)(H,42,45)(H,43,47)(H,48,49)/t32?,33-,36-/m0/s1. The molecule has 1 aromatic heterocycles. The number of amides is 3. The van der Waals surface area contributed by atoms with Gasteiger partial charge in [0.1, 0.15) is 34.7 Å². The van der Waals surface area contributed by atoms with Crippen molar-refractivity contribution in [3.8, 4) is 5.75 Å². The number of methoxy groups -OCH3 is 1. The van der Waals surface area contributed by atoms with Crippen molar-refractivity contribution in [1.82, 2.24) is 20.3 Å². The number of carbonyl (C=O) groups excluding carboxylic acids is 3. The van der Waals surface area contributed by atoms with Crippen molar-refractivity contribution < 1.29 is 37.0 Å². The van der Waals surface area contributed by atoms with Crippen LogP contribution in [0, 0.1) is 0 Å². The summed E-state index contributed by atoms with van der Waals surface area (Å²) >= 11 is 0. The molecule has 0 aliphatic rings. The lowest BCUT2D eigenvalue weighted by Gasteiger charge is -2.26. The first-order valence-electron chi connectivity index (χ1n) is 17.1. The van der Waals surface area contributed by atoms with Gasteiger partial charge in [0.15, 0.2) is 0 Å². The molecule has 0 bridgehead atoms. The van der Waals surface area contributed by atoms with Crippen LogP contribution in [0.3, 0.4) is 0 Å². The third-order valence-electron chi connectivity index (χ3n) is 8.76. The van der Waals surface area contributed by atoms with E-state index < -0.39 is 59.1 Å². The van der Waals surface area contributed by atoms with E-state index in [0.29, 0.717) is 28.7 Å². The number of nitrogens with two attached hydrogens (primary N) is 1. The number of fused-ring (bicyclic) bond motifs is 1. The Morgan fingerprint density at radius 2 is 1.46 bits per heavy atom. The van der Waals surface area contributed by atoms with Crippen molar-refractivity contribution in [3.05, 3.63) is 138 Å². The predicted octanol–water partition coefficient (Wildman–Crippen LogP) is 3.69. The van der Waals surface area contributed by atoms with Crippen LogP contribution in [0.4, 0.5) is 0 Å². The maximum Gasteiger partial charge on any atom is 0.243 e. The number of pyridine rings is 1. The molecule has 0 saturated carbocycles. The molecule has 282 valence electrons. The fourth-order valence-corrected chi connectivity index (χ4v) is 9.50. The molecule has 3 amide bonds. The Morgan fingerprint density at radius 3 is 2.15 bits per heavy atom. The number of aryl methyl sites for hydroxylation is 1. The Labute approximate surface area is 313 Å². The number of ether oxygens (including phenoxy) is 1. The molecule has 6 N–H and O–H groups in total. The van der Waals surface area contributed by atoms with Crippen LogP contribution < -0.4 is 25.8 Å². The first-order valence-corrected chi connectivity index (χ1v) is 20.5. The highest BCUT2D eigenvalue weighted by molar-refractivity contribution is 7.90. The minimum absolute atomic E-state index is 0.0805. The molecule has 5 rings (SSSR count). The van der Waals surface area contributed by atoms with Crippen LogP contribution >= 0.6 is 7.37 Å². The number of sulfonamides is 1. The smallest absolute Gasteiger partial charge is 0.243 e. The van der Waals surface area contributed by atoms with Gasteiger partial charge >= 0.3 is 0 Å². The Kier molecular flexibility index (Phi) is 13.3. The summed E-state index contributed by atoms with van der Waals surface area (Å²) in [4.78, 5) is 55.4. The summed E-state index contributed by atoms with van der Waals surface area (Å²) in [5, 5.41) is 5.73. The summed E-state index contributed by atoms with van der Waals surface area (Å²) in [6.07, 6.45) is 0.720. The van der Waals surface area contributed by atoms with Gasteiger partial charge < -0.3 is 26.0 Å². The van der Waals surface area contributed by atoms with Crippen molar-refractivity contribution in [2.75, 3.05) is 13.3 Å². The number of hydrogen-bond donors (Lipinski definition) is 5. The number of aromatic nitrogens is 1. The van der Waals surface area contributed by atoms with Gasteiger partial charge in [-0.1, -0.05) is 91.0 Å². The average molecular weight is 772 g/mol. The number of primary amides is 1. The fourth-order valence-electron chi connectivity index (χ4n) is 5.95. The third kappa shape index (κ3) is 10.8. The second-order valence-corrected chi connectivity index (χ2v) is 16.9. The molecule has 54 heavy (non-hydrogen) atoms. The minimum Gasteiger partial charge on any atom is -0.497 e. The highest BCUT2D eigenvalue weighted by atomic mass is 32.2. The van der Waals surface area contributed by atoms with Gasteiger partial charge in [0.2, 0.25) is 35.1 Å². The van der Waals surface area contributed by atoms with Crippen LogP contribution in [0.15, 0.2) is 126 Å². The molecule has 0 aliphatic heterocycles. The minimum atomic E-state index is -4.72. The lowest BCUT2D eigenvalue weighted by molar-refractivity contribution is -0.130. The van der Waals surface area contributed by atoms with E-state index in [4.69, 9.17) is 10.5 Å². The number of rotatable bonds is 18. The van der Waals surface area contributed by atoms with Crippen LogP contribution in [0.2, 0.25) is 0 Å². The van der Waals surface area contributed by atoms with Crippen LogP contribution in [0.25, 0.3) is 10.9 Å². The molecule has 15 heteroatoms.